The molecule has 0 bridgehead atoms. The zero-order chi connectivity index (χ0) is 28.1. The first kappa shape index (κ1) is 27.1. The van der Waals surface area contributed by atoms with E-state index in [1.54, 1.807) is 18.4 Å². The summed E-state index contributed by atoms with van der Waals surface area (Å²) >= 11 is 1.29. The van der Waals surface area contributed by atoms with Gasteiger partial charge in [0.2, 0.25) is 0 Å². The Kier molecular flexibility index (Phi) is 8.26. The first-order chi connectivity index (χ1) is 19.5. The van der Waals surface area contributed by atoms with Crippen molar-refractivity contribution in [3.63, 3.8) is 0 Å². The quantitative estimate of drug-likeness (QED) is 0.279. The Morgan fingerprint density at radius 3 is 2.45 bits per heavy atom. The van der Waals surface area contributed by atoms with E-state index in [9.17, 15) is 9.59 Å². The molecule has 1 aliphatic rings. The van der Waals surface area contributed by atoms with Crippen molar-refractivity contribution in [1.82, 2.24) is 4.57 Å². The second kappa shape index (κ2) is 12.2. The fourth-order valence-electron chi connectivity index (χ4n) is 4.61. The third-order valence-corrected chi connectivity index (χ3v) is 7.41. The van der Waals surface area contributed by atoms with Crippen molar-refractivity contribution in [2.75, 3.05) is 13.2 Å². The van der Waals surface area contributed by atoms with Gasteiger partial charge >= 0.3 is 5.97 Å². The minimum Gasteiger partial charge on any atom is -0.494 e. The van der Waals surface area contributed by atoms with Crippen LogP contribution in [0.3, 0.4) is 0 Å². The summed E-state index contributed by atoms with van der Waals surface area (Å²) in [5, 5.41) is 0. The molecule has 0 N–H and O–H groups in total. The van der Waals surface area contributed by atoms with Gasteiger partial charge in [-0.15, -0.1) is 0 Å². The van der Waals surface area contributed by atoms with Crippen molar-refractivity contribution in [1.29, 1.82) is 0 Å². The van der Waals surface area contributed by atoms with E-state index in [-0.39, 0.29) is 12.2 Å². The van der Waals surface area contributed by atoms with Crippen LogP contribution in [0.25, 0.3) is 6.08 Å². The lowest BCUT2D eigenvalue weighted by Gasteiger charge is -2.24. The highest BCUT2D eigenvalue weighted by atomic mass is 32.1. The van der Waals surface area contributed by atoms with Gasteiger partial charge in [0, 0.05) is 0 Å². The van der Waals surface area contributed by atoms with Gasteiger partial charge in [-0.2, -0.15) is 0 Å². The van der Waals surface area contributed by atoms with Crippen LogP contribution in [0.15, 0.2) is 99.9 Å². The zero-order valence-electron chi connectivity index (χ0n) is 22.6. The number of esters is 1. The summed E-state index contributed by atoms with van der Waals surface area (Å²) in [6.07, 6.45) is 1.83. The lowest BCUT2D eigenvalue weighted by molar-refractivity contribution is -0.139. The fourth-order valence-corrected chi connectivity index (χ4v) is 5.65. The molecule has 0 spiro atoms. The molecule has 40 heavy (non-hydrogen) atoms. The molecular weight excluding hydrogens is 524 g/mol. The molecule has 4 aromatic rings. The van der Waals surface area contributed by atoms with Gasteiger partial charge in [-0.1, -0.05) is 65.9 Å². The third kappa shape index (κ3) is 5.77. The van der Waals surface area contributed by atoms with Gasteiger partial charge < -0.3 is 14.2 Å². The van der Waals surface area contributed by atoms with Crippen molar-refractivity contribution in [3.8, 4) is 11.5 Å². The number of nitrogens with zero attached hydrogens (tertiary/aromatic N) is 2. The highest BCUT2D eigenvalue weighted by Gasteiger charge is 2.33. The number of hydrogen-bond acceptors (Lipinski definition) is 7. The van der Waals surface area contributed by atoms with Gasteiger partial charge in [-0.05, 0) is 67.8 Å². The highest BCUT2D eigenvalue weighted by Crippen LogP contribution is 2.31. The summed E-state index contributed by atoms with van der Waals surface area (Å²) in [5.74, 6) is 0.935. The average Bonchev–Trinajstić information content (AvgIpc) is 3.26. The maximum absolute atomic E-state index is 13.9. The number of thiazole rings is 1. The van der Waals surface area contributed by atoms with E-state index in [4.69, 9.17) is 14.2 Å². The topological polar surface area (TPSA) is 79.1 Å². The molecule has 0 fully saturated rings. The lowest BCUT2D eigenvalue weighted by atomic mass is 9.96. The first-order valence-electron chi connectivity index (χ1n) is 13.2. The van der Waals surface area contributed by atoms with Gasteiger partial charge in [0.25, 0.3) is 5.56 Å². The van der Waals surface area contributed by atoms with Crippen LogP contribution in [-0.4, -0.2) is 23.8 Å². The number of hydrogen-bond donors (Lipinski definition) is 0. The maximum Gasteiger partial charge on any atom is 0.338 e. The molecule has 8 heteroatoms. The molecule has 0 saturated carbocycles. The monoisotopic (exact) mass is 554 g/mol. The predicted molar refractivity (Wildman–Crippen MR) is 155 cm³/mol. The number of carbonyl (C=O) groups excluding carboxylic acids is 1. The third-order valence-electron chi connectivity index (χ3n) is 6.43. The molecule has 7 nitrogen and oxygen atoms in total. The summed E-state index contributed by atoms with van der Waals surface area (Å²) in [4.78, 5) is 32.1. The number of aromatic nitrogens is 1. The molecule has 2 heterocycles. The molecule has 1 aromatic heterocycles. The molecule has 0 aliphatic carbocycles. The average molecular weight is 555 g/mol. The first-order valence-corrected chi connectivity index (χ1v) is 14.0. The summed E-state index contributed by atoms with van der Waals surface area (Å²) < 4.78 is 19.0. The Labute approximate surface area is 236 Å². The maximum atomic E-state index is 13.9. The molecule has 0 saturated heterocycles. The van der Waals surface area contributed by atoms with Gasteiger partial charge in [0.15, 0.2) is 4.80 Å². The molecule has 3 aromatic carbocycles. The highest BCUT2D eigenvalue weighted by molar-refractivity contribution is 7.07. The minimum atomic E-state index is -0.673. The van der Waals surface area contributed by atoms with Gasteiger partial charge in [0.05, 0.1) is 35.1 Å². The number of benzene rings is 3. The Morgan fingerprint density at radius 2 is 1.73 bits per heavy atom. The van der Waals surface area contributed by atoms with Gasteiger partial charge in [-0.3, -0.25) is 9.36 Å². The van der Waals surface area contributed by atoms with Crippen LogP contribution in [0.5, 0.6) is 11.5 Å². The van der Waals surface area contributed by atoms with Gasteiger partial charge in [-0.25, -0.2) is 9.79 Å². The molecule has 1 atom stereocenters. The molecule has 0 unspecified atom stereocenters. The molecular formula is C32H30N2O5S. The normalized spacial score (nSPS) is 14.9. The van der Waals surface area contributed by atoms with Crippen molar-refractivity contribution < 1.29 is 19.0 Å². The second-order valence-corrected chi connectivity index (χ2v) is 10.2. The Balaban J connectivity index is 1.54. The lowest BCUT2D eigenvalue weighted by Crippen LogP contribution is -2.39. The molecule has 1 aliphatic heterocycles. The second-order valence-electron chi connectivity index (χ2n) is 9.15. The fraction of sp³-hybridized carbons (Fsp3) is 0.219. The van der Waals surface area contributed by atoms with E-state index in [0.29, 0.717) is 45.3 Å². The van der Waals surface area contributed by atoms with Crippen molar-refractivity contribution in [2.24, 2.45) is 4.99 Å². The molecule has 0 amide bonds. The largest absolute Gasteiger partial charge is 0.494 e. The molecule has 0 radical (unpaired) electrons. The van der Waals surface area contributed by atoms with Crippen LogP contribution >= 0.6 is 11.3 Å². The van der Waals surface area contributed by atoms with E-state index in [2.05, 4.69) is 4.99 Å². The van der Waals surface area contributed by atoms with Crippen molar-refractivity contribution in [2.45, 2.75) is 33.4 Å². The predicted octanol–water partition coefficient (Wildman–Crippen LogP) is 4.78. The van der Waals surface area contributed by atoms with E-state index >= 15 is 0 Å². The SMILES string of the molecule is CCOC(=O)C1=C(C)N=c2s/c(=C\c3cccc(OCc4ccccc4)c3)c(=O)n2[C@H]1c1ccc(OCC)cc1. The number of fused-ring (bicyclic) bond motifs is 1. The van der Waals surface area contributed by atoms with E-state index in [0.717, 1.165) is 16.7 Å². The van der Waals surface area contributed by atoms with Crippen LogP contribution < -0.4 is 24.4 Å². The van der Waals surface area contributed by atoms with E-state index in [1.807, 2.05) is 91.9 Å². The van der Waals surface area contributed by atoms with Gasteiger partial charge in [0.1, 0.15) is 18.1 Å². The minimum absolute atomic E-state index is 0.221. The summed E-state index contributed by atoms with van der Waals surface area (Å²) in [6, 6.07) is 24.3. The number of ether oxygens (including phenoxy) is 3. The molecule has 5 rings (SSSR count). The Hall–Kier alpha value is -4.43. The van der Waals surface area contributed by atoms with Crippen LogP contribution in [0.4, 0.5) is 0 Å². The van der Waals surface area contributed by atoms with Crippen molar-refractivity contribution >= 4 is 23.4 Å². The summed E-state index contributed by atoms with van der Waals surface area (Å²) in [7, 11) is 0. The number of allylic oxidation sites excluding steroid dienone is 1. The van der Waals surface area contributed by atoms with E-state index < -0.39 is 12.0 Å². The van der Waals surface area contributed by atoms with E-state index in [1.165, 1.54) is 11.3 Å². The Morgan fingerprint density at radius 1 is 0.950 bits per heavy atom. The van der Waals surface area contributed by atoms with Crippen LogP contribution in [-0.2, 0) is 16.1 Å². The Bertz CT molecular complexity index is 1720. The van der Waals surface area contributed by atoms with Crippen LogP contribution in [0.2, 0.25) is 0 Å². The number of rotatable bonds is 9. The smallest absolute Gasteiger partial charge is 0.338 e. The van der Waals surface area contributed by atoms with Crippen LogP contribution in [0.1, 0.15) is 43.5 Å². The van der Waals surface area contributed by atoms with Crippen molar-refractivity contribution in [3.05, 3.63) is 127 Å². The van der Waals surface area contributed by atoms with Crippen LogP contribution in [0, 0.1) is 0 Å². The summed E-state index contributed by atoms with van der Waals surface area (Å²) in [5.41, 5.74) is 3.32. The molecule has 204 valence electrons. The summed E-state index contributed by atoms with van der Waals surface area (Å²) in [6.45, 7) is 6.66. The standard InChI is InChI=1S/C32H30N2O5S/c1-4-37-25-16-14-24(15-17-25)29-28(31(36)38-5-2)21(3)33-32-34(29)30(35)27(40-32)19-23-12-9-13-26(18-23)39-20-22-10-7-6-8-11-22/h6-19,29H,4-5,20H2,1-3H3/b27-19-/t29-/m0/s1. The zero-order valence-corrected chi connectivity index (χ0v) is 23.4. The number of carbonyl (C=O) groups is 1.